The molecule has 0 aromatic carbocycles. The maximum atomic E-state index is 2.27. The Hall–Kier alpha value is 0.760. The van der Waals surface area contributed by atoms with Crippen LogP contribution in [-0.2, 0) is 0 Å². The second kappa shape index (κ2) is 4.76. The van der Waals surface area contributed by atoms with Gasteiger partial charge in [-0.3, -0.25) is 0 Å². The Balaban J connectivity index is 0. The van der Waals surface area contributed by atoms with Gasteiger partial charge in [-0.2, -0.15) is 0 Å². The first-order chi connectivity index (χ1) is 1.73. The number of hydrogen-bond acceptors (Lipinski definition) is 0. The second-order valence-corrected chi connectivity index (χ2v) is 4.50. The van der Waals surface area contributed by atoms with Crippen molar-refractivity contribution >= 4 is 26.4 Å². The summed E-state index contributed by atoms with van der Waals surface area (Å²) in [5.74, 6) is 0. The Labute approximate surface area is 46.5 Å². The molecule has 0 saturated carbocycles. The summed E-state index contributed by atoms with van der Waals surface area (Å²) >= 11 is 0. The summed E-state index contributed by atoms with van der Waals surface area (Å²) < 4.78 is 0. The SMILES string of the molecule is C[Si](C)C.[GeH3]. The second-order valence-electron chi connectivity index (χ2n) is 1.50. The maximum absolute atomic E-state index is 2.27. The molecule has 32 valence electrons. The van der Waals surface area contributed by atoms with E-state index in [1.807, 2.05) is 0 Å². The van der Waals surface area contributed by atoms with Gasteiger partial charge in [0.05, 0.1) is 0 Å². The van der Waals surface area contributed by atoms with Crippen LogP contribution in [0.4, 0.5) is 0 Å². The quantitative estimate of drug-likeness (QED) is 0.431. The van der Waals surface area contributed by atoms with Crippen LogP contribution < -0.4 is 0 Å². The normalized spacial score (nSPS) is 7.20. The summed E-state index contributed by atoms with van der Waals surface area (Å²) in [6.07, 6.45) is 0. The van der Waals surface area contributed by atoms with Crippen molar-refractivity contribution in [2.75, 3.05) is 0 Å². The molecular formula is C3H12GeSi. The van der Waals surface area contributed by atoms with Crippen LogP contribution in [0.3, 0.4) is 0 Å². The van der Waals surface area contributed by atoms with E-state index in [4.69, 9.17) is 0 Å². The molecule has 2 heteroatoms. The van der Waals surface area contributed by atoms with Gasteiger partial charge in [-0.25, -0.2) is 0 Å². The van der Waals surface area contributed by atoms with E-state index < -0.39 is 0 Å². The van der Waals surface area contributed by atoms with Crippen molar-refractivity contribution < 1.29 is 0 Å². The summed E-state index contributed by atoms with van der Waals surface area (Å²) in [6, 6.07) is 0. The first-order valence-electron chi connectivity index (χ1n) is 1.50. The molecule has 5 heavy (non-hydrogen) atoms. The zero-order chi connectivity index (χ0) is 3.58. The molecule has 0 aromatic rings. The van der Waals surface area contributed by atoms with E-state index in [9.17, 15) is 0 Å². The monoisotopic (exact) mass is 150 g/mol. The van der Waals surface area contributed by atoms with Crippen molar-refractivity contribution in [3.8, 4) is 0 Å². The van der Waals surface area contributed by atoms with Gasteiger partial charge in [0.15, 0.2) is 0 Å². The summed E-state index contributed by atoms with van der Waals surface area (Å²) in [5, 5.41) is 0. The van der Waals surface area contributed by atoms with Crippen molar-refractivity contribution in [3.63, 3.8) is 0 Å². The average Bonchev–Trinajstić information content (AvgIpc) is 0.811. The van der Waals surface area contributed by atoms with E-state index in [-0.39, 0.29) is 26.4 Å². The van der Waals surface area contributed by atoms with E-state index in [0.717, 1.165) is 0 Å². The van der Waals surface area contributed by atoms with Gasteiger partial charge < -0.3 is 0 Å². The van der Waals surface area contributed by atoms with Crippen LogP contribution in [0, 0.1) is 0 Å². The first-order valence-corrected chi connectivity index (χ1v) is 4.50. The van der Waals surface area contributed by atoms with Gasteiger partial charge in [0.1, 0.15) is 0 Å². The van der Waals surface area contributed by atoms with Crippen LogP contribution in [0.15, 0.2) is 0 Å². The summed E-state index contributed by atoms with van der Waals surface area (Å²) in [5.41, 5.74) is 0. The molecule has 0 unspecified atom stereocenters. The first kappa shape index (κ1) is 9.23. The third-order valence-corrected chi connectivity index (χ3v) is 0. The van der Waals surface area contributed by atoms with Gasteiger partial charge in [0.2, 0.25) is 0 Å². The van der Waals surface area contributed by atoms with Crippen LogP contribution >= 0.6 is 0 Å². The molecule has 0 atom stereocenters. The van der Waals surface area contributed by atoms with Crippen molar-refractivity contribution in [1.29, 1.82) is 0 Å². The van der Waals surface area contributed by atoms with Gasteiger partial charge in [-0.05, 0) is 0 Å². The molecule has 0 aliphatic rings. The summed E-state index contributed by atoms with van der Waals surface area (Å²) in [6.45, 7) is 6.81. The third-order valence-electron chi connectivity index (χ3n) is 0. The fraction of sp³-hybridized carbons (Fsp3) is 1.00. The zero-order valence-electron chi connectivity index (χ0n) is 4.50. The number of hydrogen-bond donors (Lipinski definition) is 0. The van der Waals surface area contributed by atoms with Crippen LogP contribution in [0.25, 0.3) is 0 Å². The third kappa shape index (κ3) is 62.8. The fourth-order valence-electron chi connectivity index (χ4n) is 0. The Morgan fingerprint density at radius 1 is 1.00 bits per heavy atom. The van der Waals surface area contributed by atoms with E-state index >= 15 is 0 Å². The molecule has 0 bridgehead atoms. The van der Waals surface area contributed by atoms with Crippen molar-refractivity contribution in [2.45, 2.75) is 19.6 Å². The minimum absolute atomic E-state index is 0. The molecule has 0 aliphatic heterocycles. The predicted octanol–water partition coefficient (Wildman–Crippen LogP) is 0.187. The van der Waals surface area contributed by atoms with Crippen molar-refractivity contribution in [3.05, 3.63) is 0 Å². The van der Waals surface area contributed by atoms with Crippen LogP contribution in [0.1, 0.15) is 0 Å². The Morgan fingerprint density at radius 3 is 1.00 bits per heavy atom. The average molecular weight is 149 g/mol. The molecule has 0 aromatic heterocycles. The van der Waals surface area contributed by atoms with Gasteiger partial charge in [-0.1, -0.05) is 19.6 Å². The Morgan fingerprint density at radius 2 is 1.00 bits per heavy atom. The predicted molar refractivity (Wildman–Crippen MR) is 33.3 cm³/mol. The zero-order valence-corrected chi connectivity index (χ0v) is 9.70. The molecule has 0 nitrogen and oxygen atoms in total. The molecule has 0 aliphatic carbocycles. The van der Waals surface area contributed by atoms with Gasteiger partial charge >= 0.3 is 17.6 Å². The molecule has 0 heterocycles. The molecule has 0 spiro atoms. The summed E-state index contributed by atoms with van der Waals surface area (Å²) in [4.78, 5) is 0. The summed E-state index contributed by atoms with van der Waals surface area (Å²) in [7, 11) is 0.120. The standard InChI is InChI=1S/C3H9Si.GeH3/c1-4(2)3;/h1-3H3;1H3. The van der Waals surface area contributed by atoms with Gasteiger partial charge in [0, 0.05) is 8.80 Å². The van der Waals surface area contributed by atoms with Crippen LogP contribution in [0.5, 0.6) is 0 Å². The minimum atomic E-state index is 0. The van der Waals surface area contributed by atoms with E-state index in [0.29, 0.717) is 0 Å². The van der Waals surface area contributed by atoms with Gasteiger partial charge in [-0.15, -0.1) is 0 Å². The Kier molecular flexibility index (Phi) is 8.79. The van der Waals surface area contributed by atoms with Crippen molar-refractivity contribution in [2.24, 2.45) is 0 Å². The molecule has 0 saturated heterocycles. The fourth-order valence-corrected chi connectivity index (χ4v) is 0. The molecular weight excluding hydrogens is 137 g/mol. The molecule has 0 fully saturated rings. The van der Waals surface area contributed by atoms with Crippen molar-refractivity contribution in [1.82, 2.24) is 0 Å². The topological polar surface area (TPSA) is 0 Å². The van der Waals surface area contributed by atoms with E-state index in [2.05, 4.69) is 19.6 Å². The Bertz CT molecular complexity index is 11.6. The van der Waals surface area contributed by atoms with E-state index in [1.54, 1.807) is 0 Å². The molecule has 0 amide bonds. The molecule has 0 N–H and O–H groups in total. The molecule has 2 radical (unpaired) electrons. The van der Waals surface area contributed by atoms with E-state index in [1.165, 1.54) is 0 Å². The van der Waals surface area contributed by atoms with Gasteiger partial charge in [0.25, 0.3) is 0 Å². The van der Waals surface area contributed by atoms with Crippen LogP contribution in [0.2, 0.25) is 19.6 Å². The number of rotatable bonds is 0. The van der Waals surface area contributed by atoms with Crippen LogP contribution in [-0.4, -0.2) is 26.4 Å². The molecule has 0 rings (SSSR count).